The molecule has 2 rings (SSSR count). The molecular weight excluding hydrogens is 228 g/mol. The molecule has 4 heteroatoms. The smallest absolute Gasteiger partial charge is 0.144 e. The van der Waals surface area contributed by atoms with Crippen LogP contribution < -0.4 is 10.1 Å². The molecule has 0 unspecified atom stereocenters. The highest BCUT2D eigenvalue weighted by molar-refractivity contribution is 5.95. The Labute approximate surface area is 105 Å². The van der Waals surface area contributed by atoms with E-state index in [-0.39, 0.29) is 0 Å². The fourth-order valence-corrected chi connectivity index (χ4v) is 1.78. The summed E-state index contributed by atoms with van der Waals surface area (Å²) in [7, 11) is 1.63. The number of hydrogen-bond donors (Lipinski definition) is 1. The van der Waals surface area contributed by atoms with Crippen molar-refractivity contribution >= 4 is 22.9 Å². The van der Waals surface area contributed by atoms with Gasteiger partial charge in [0.25, 0.3) is 0 Å². The number of aromatic nitrogens is 1. The maximum absolute atomic E-state index is 10.4. The van der Waals surface area contributed by atoms with Crippen LogP contribution in [-0.2, 0) is 4.79 Å². The number of hydrogen-bond acceptors (Lipinski definition) is 4. The maximum Gasteiger partial charge on any atom is 0.144 e. The Morgan fingerprint density at radius 3 is 2.94 bits per heavy atom. The number of carbonyl (C=O) groups is 1. The van der Waals surface area contributed by atoms with E-state index >= 15 is 0 Å². The number of aldehydes is 1. The van der Waals surface area contributed by atoms with E-state index in [0.717, 1.165) is 34.3 Å². The zero-order valence-corrected chi connectivity index (χ0v) is 10.3. The second kappa shape index (κ2) is 5.31. The van der Waals surface area contributed by atoms with Crippen LogP contribution in [0.1, 0.15) is 6.92 Å². The van der Waals surface area contributed by atoms with Crippen molar-refractivity contribution in [2.45, 2.75) is 6.92 Å². The molecule has 0 atom stereocenters. The highest BCUT2D eigenvalue weighted by Crippen LogP contribution is 2.30. The normalized spacial score (nSPS) is 11.3. The number of ether oxygens (including phenoxy) is 1. The quantitative estimate of drug-likeness (QED) is 0.661. The third-order valence-electron chi connectivity index (χ3n) is 2.60. The van der Waals surface area contributed by atoms with Crippen LogP contribution in [0.3, 0.4) is 0 Å². The summed E-state index contributed by atoms with van der Waals surface area (Å²) in [6, 6.07) is 7.57. The molecule has 0 aliphatic heterocycles. The second-order valence-corrected chi connectivity index (χ2v) is 3.83. The third-order valence-corrected chi connectivity index (χ3v) is 2.60. The first kappa shape index (κ1) is 12.1. The fourth-order valence-electron chi connectivity index (χ4n) is 1.78. The number of fused-ring (bicyclic) bond motifs is 1. The highest BCUT2D eigenvalue weighted by atomic mass is 16.5. The van der Waals surface area contributed by atoms with E-state index in [1.807, 2.05) is 31.2 Å². The lowest BCUT2D eigenvalue weighted by Gasteiger charge is -2.11. The first-order valence-corrected chi connectivity index (χ1v) is 5.57. The summed E-state index contributed by atoms with van der Waals surface area (Å²) in [4.78, 5) is 14.8. The van der Waals surface area contributed by atoms with Crippen molar-refractivity contribution < 1.29 is 9.53 Å². The van der Waals surface area contributed by atoms with Crippen molar-refractivity contribution in [3.63, 3.8) is 0 Å². The molecule has 1 N–H and O–H groups in total. The molecule has 4 nitrogen and oxygen atoms in total. The van der Waals surface area contributed by atoms with Crippen LogP contribution in [0.15, 0.2) is 42.2 Å². The van der Waals surface area contributed by atoms with E-state index in [2.05, 4.69) is 10.3 Å². The molecule has 0 saturated carbocycles. The van der Waals surface area contributed by atoms with Crippen LogP contribution in [0.4, 0.5) is 5.69 Å². The summed E-state index contributed by atoms with van der Waals surface area (Å²) < 4.78 is 5.30. The Hall–Kier alpha value is -2.36. The number of anilines is 1. The summed E-state index contributed by atoms with van der Waals surface area (Å²) in [5.74, 6) is 0.778. The highest BCUT2D eigenvalue weighted by Gasteiger charge is 2.06. The predicted molar refractivity (Wildman–Crippen MR) is 71.7 cm³/mol. The minimum atomic E-state index is 0.751. The van der Waals surface area contributed by atoms with Crippen LogP contribution >= 0.6 is 0 Å². The Morgan fingerprint density at radius 1 is 1.39 bits per heavy atom. The van der Waals surface area contributed by atoms with Crippen LogP contribution in [0.25, 0.3) is 10.9 Å². The Bertz CT molecular complexity index is 606. The maximum atomic E-state index is 10.4. The SMILES string of the molecule is COc1ccc(N/C(C)=C\C=O)c2ncccc12. The molecular formula is C14H14N2O2. The van der Waals surface area contributed by atoms with Gasteiger partial charge in [-0.15, -0.1) is 0 Å². The van der Waals surface area contributed by atoms with E-state index in [4.69, 9.17) is 4.74 Å². The number of benzene rings is 1. The average Bonchev–Trinajstić information content (AvgIpc) is 2.39. The van der Waals surface area contributed by atoms with Gasteiger partial charge in [-0.25, -0.2) is 0 Å². The van der Waals surface area contributed by atoms with Crippen LogP contribution in [0.5, 0.6) is 5.75 Å². The molecule has 0 aliphatic carbocycles. The molecule has 0 amide bonds. The molecule has 0 fully saturated rings. The van der Waals surface area contributed by atoms with E-state index in [1.54, 1.807) is 13.3 Å². The van der Waals surface area contributed by atoms with Gasteiger partial charge in [-0.05, 0) is 37.3 Å². The van der Waals surface area contributed by atoms with Crippen LogP contribution in [-0.4, -0.2) is 18.4 Å². The molecule has 18 heavy (non-hydrogen) atoms. The standard InChI is InChI=1S/C14H14N2O2/c1-10(7-9-17)16-12-5-6-13(18-2)11-4-3-8-15-14(11)12/h3-9,16H,1-2H3/b10-7-. The van der Waals surface area contributed by atoms with Gasteiger partial charge in [-0.2, -0.15) is 0 Å². The largest absolute Gasteiger partial charge is 0.496 e. The summed E-state index contributed by atoms with van der Waals surface area (Å²) in [5, 5.41) is 4.08. The third kappa shape index (κ3) is 2.32. The summed E-state index contributed by atoms with van der Waals surface area (Å²) in [5.41, 5.74) is 2.43. The van der Waals surface area contributed by atoms with Crippen molar-refractivity contribution in [3.05, 3.63) is 42.2 Å². The second-order valence-electron chi connectivity index (χ2n) is 3.83. The predicted octanol–water partition coefficient (Wildman–Crippen LogP) is 2.76. The molecule has 0 spiro atoms. The minimum Gasteiger partial charge on any atom is -0.496 e. The van der Waals surface area contributed by atoms with Crippen molar-refractivity contribution in [2.75, 3.05) is 12.4 Å². The van der Waals surface area contributed by atoms with Gasteiger partial charge in [-0.1, -0.05) is 0 Å². The van der Waals surface area contributed by atoms with Gasteiger partial charge in [0.15, 0.2) is 0 Å². The van der Waals surface area contributed by atoms with Gasteiger partial charge < -0.3 is 10.1 Å². The molecule has 2 aromatic rings. The number of pyridine rings is 1. The van der Waals surface area contributed by atoms with Crippen LogP contribution in [0.2, 0.25) is 0 Å². The number of carbonyl (C=O) groups excluding carboxylic acids is 1. The van der Waals surface area contributed by atoms with Crippen molar-refractivity contribution in [3.8, 4) is 5.75 Å². The molecule has 1 aromatic carbocycles. The summed E-state index contributed by atoms with van der Waals surface area (Å²) in [6.07, 6.45) is 3.95. The van der Waals surface area contributed by atoms with Gasteiger partial charge in [-0.3, -0.25) is 9.78 Å². The Balaban J connectivity index is 2.52. The molecule has 92 valence electrons. The van der Waals surface area contributed by atoms with Gasteiger partial charge in [0.2, 0.25) is 0 Å². The van der Waals surface area contributed by atoms with Gasteiger partial charge in [0.1, 0.15) is 12.0 Å². The van der Waals surface area contributed by atoms with Gasteiger partial charge >= 0.3 is 0 Å². The first-order valence-electron chi connectivity index (χ1n) is 5.57. The lowest BCUT2D eigenvalue weighted by molar-refractivity contribution is -0.104. The molecule has 0 radical (unpaired) electrons. The first-order chi connectivity index (χ1) is 8.76. The lowest BCUT2D eigenvalue weighted by Crippen LogP contribution is -1.98. The van der Waals surface area contributed by atoms with E-state index in [1.165, 1.54) is 6.08 Å². The zero-order valence-electron chi connectivity index (χ0n) is 10.3. The fraction of sp³-hybridized carbons (Fsp3) is 0.143. The summed E-state index contributed by atoms with van der Waals surface area (Å²) >= 11 is 0. The van der Waals surface area contributed by atoms with Crippen molar-refractivity contribution in [1.82, 2.24) is 4.98 Å². The Morgan fingerprint density at radius 2 is 2.22 bits per heavy atom. The Kier molecular flexibility index (Phi) is 3.57. The van der Waals surface area contributed by atoms with E-state index < -0.39 is 0 Å². The number of rotatable bonds is 4. The number of nitrogens with zero attached hydrogens (tertiary/aromatic N) is 1. The molecule has 0 saturated heterocycles. The average molecular weight is 242 g/mol. The molecule has 1 heterocycles. The van der Waals surface area contributed by atoms with Gasteiger partial charge in [0, 0.05) is 17.3 Å². The van der Waals surface area contributed by atoms with E-state index in [0.29, 0.717) is 0 Å². The number of methoxy groups -OCH3 is 1. The molecule has 1 aromatic heterocycles. The minimum absolute atomic E-state index is 0.751. The van der Waals surface area contributed by atoms with Crippen molar-refractivity contribution in [2.24, 2.45) is 0 Å². The molecule has 0 aliphatic rings. The van der Waals surface area contributed by atoms with Gasteiger partial charge in [0.05, 0.1) is 18.3 Å². The zero-order chi connectivity index (χ0) is 13.0. The van der Waals surface area contributed by atoms with E-state index in [9.17, 15) is 4.79 Å². The lowest BCUT2D eigenvalue weighted by atomic mass is 10.1. The monoisotopic (exact) mass is 242 g/mol. The van der Waals surface area contributed by atoms with Crippen molar-refractivity contribution in [1.29, 1.82) is 0 Å². The van der Waals surface area contributed by atoms with Crippen LogP contribution in [0, 0.1) is 0 Å². The number of allylic oxidation sites excluding steroid dienone is 2. The number of nitrogens with one attached hydrogen (secondary N) is 1. The topological polar surface area (TPSA) is 51.2 Å². The summed E-state index contributed by atoms with van der Waals surface area (Å²) in [6.45, 7) is 1.83. The molecule has 0 bridgehead atoms.